The van der Waals surface area contributed by atoms with Crippen molar-refractivity contribution in [3.63, 3.8) is 0 Å². The van der Waals surface area contributed by atoms with Crippen LogP contribution in [0.3, 0.4) is 0 Å². The highest BCUT2D eigenvalue weighted by Gasteiger charge is 2.06. The lowest BCUT2D eigenvalue weighted by Crippen LogP contribution is -2.03. The third-order valence-electron chi connectivity index (χ3n) is 2.20. The minimum absolute atomic E-state index is 0.416. The van der Waals surface area contributed by atoms with Crippen molar-refractivity contribution in [2.75, 3.05) is 0 Å². The number of hydrogen-bond donors (Lipinski definition) is 0. The van der Waals surface area contributed by atoms with E-state index in [1.807, 2.05) is 19.1 Å². The predicted molar refractivity (Wildman–Crippen MR) is 58.0 cm³/mol. The second-order valence-corrected chi connectivity index (χ2v) is 3.86. The highest BCUT2D eigenvalue weighted by molar-refractivity contribution is 5.33. The second-order valence-electron chi connectivity index (χ2n) is 3.86. The minimum Gasteiger partial charge on any atom is -0.258 e. The molecule has 4 nitrogen and oxygen atoms in total. The molecule has 0 atom stereocenters. The molecule has 78 valence electrons. The monoisotopic (exact) mass is 202 g/mol. The molecular formula is C11H14N4. The molecule has 0 N–H and O–H groups in total. The summed E-state index contributed by atoms with van der Waals surface area (Å²) in [6.45, 7) is 6.24. The van der Waals surface area contributed by atoms with Crippen molar-refractivity contribution in [2.45, 2.75) is 26.7 Å². The zero-order chi connectivity index (χ0) is 10.8. The maximum atomic E-state index is 4.47. The molecule has 0 spiro atoms. The summed E-state index contributed by atoms with van der Waals surface area (Å²) < 4.78 is 0. The zero-order valence-electron chi connectivity index (χ0n) is 9.18. The molecule has 0 amide bonds. The van der Waals surface area contributed by atoms with Crippen LogP contribution in [-0.2, 0) is 0 Å². The molecule has 15 heavy (non-hydrogen) atoms. The lowest BCUT2D eigenvalue weighted by Gasteiger charge is -2.08. The Bertz CT molecular complexity index is 446. The third kappa shape index (κ3) is 2.03. The molecule has 2 aromatic rings. The molecule has 0 aliphatic carbocycles. The first-order chi connectivity index (χ1) is 7.16. The van der Waals surface area contributed by atoms with Crippen LogP contribution < -0.4 is 0 Å². The number of hydrogen-bond acceptors (Lipinski definition) is 3. The molecule has 0 fully saturated rings. The first kappa shape index (κ1) is 9.83. The summed E-state index contributed by atoms with van der Waals surface area (Å²) in [5.41, 5.74) is 3.03. The summed E-state index contributed by atoms with van der Waals surface area (Å²) in [4.78, 5) is 6.09. The number of pyridine rings is 1. The maximum Gasteiger partial charge on any atom is 0.0892 e. The van der Waals surface area contributed by atoms with Gasteiger partial charge in [0.2, 0.25) is 0 Å². The van der Waals surface area contributed by atoms with E-state index in [1.54, 1.807) is 17.2 Å². The quantitative estimate of drug-likeness (QED) is 0.749. The Hall–Kier alpha value is -1.71. The molecule has 0 saturated carbocycles. The van der Waals surface area contributed by atoms with Crippen LogP contribution in [0.4, 0.5) is 0 Å². The van der Waals surface area contributed by atoms with Crippen molar-refractivity contribution in [1.82, 2.24) is 20.0 Å². The van der Waals surface area contributed by atoms with E-state index >= 15 is 0 Å². The molecule has 0 aliphatic heterocycles. The summed E-state index contributed by atoms with van der Waals surface area (Å²) in [7, 11) is 0. The van der Waals surface area contributed by atoms with Crippen molar-refractivity contribution in [2.24, 2.45) is 0 Å². The lowest BCUT2D eigenvalue weighted by atomic mass is 10.1. The van der Waals surface area contributed by atoms with E-state index < -0.39 is 0 Å². The topological polar surface area (TPSA) is 43.6 Å². The summed E-state index contributed by atoms with van der Waals surface area (Å²) in [6.07, 6.45) is 3.34. The van der Waals surface area contributed by atoms with Gasteiger partial charge in [-0.05, 0) is 25.0 Å². The van der Waals surface area contributed by atoms with E-state index in [2.05, 4.69) is 29.0 Å². The molecule has 0 bridgehead atoms. The van der Waals surface area contributed by atoms with Crippen molar-refractivity contribution < 1.29 is 0 Å². The number of aryl methyl sites for hydroxylation is 1. The SMILES string of the molecule is Cc1cc(-n2nccn2)cc(C(C)C)n1. The highest BCUT2D eigenvalue weighted by atomic mass is 15.5. The minimum atomic E-state index is 0.416. The van der Waals surface area contributed by atoms with Gasteiger partial charge in [-0.1, -0.05) is 13.8 Å². The Morgan fingerprint density at radius 1 is 1.13 bits per heavy atom. The molecule has 0 unspecified atom stereocenters. The fourth-order valence-electron chi connectivity index (χ4n) is 1.44. The van der Waals surface area contributed by atoms with E-state index in [1.165, 1.54) is 0 Å². The van der Waals surface area contributed by atoms with Gasteiger partial charge in [0.25, 0.3) is 0 Å². The summed E-state index contributed by atoms with van der Waals surface area (Å²) in [5.74, 6) is 0.416. The molecule has 0 radical (unpaired) electrons. The van der Waals surface area contributed by atoms with Crippen LogP contribution in [-0.4, -0.2) is 20.0 Å². The molecule has 2 rings (SSSR count). The van der Waals surface area contributed by atoms with Crippen LogP contribution in [0.2, 0.25) is 0 Å². The van der Waals surface area contributed by atoms with Gasteiger partial charge in [-0.3, -0.25) is 4.98 Å². The Labute approximate surface area is 89.0 Å². The first-order valence-electron chi connectivity index (χ1n) is 5.02. The van der Waals surface area contributed by atoms with Gasteiger partial charge >= 0.3 is 0 Å². The third-order valence-corrected chi connectivity index (χ3v) is 2.20. The van der Waals surface area contributed by atoms with Gasteiger partial charge in [-0.25, -0.2) is 0 Å². The van der Waals surface area contributed by atoms with Crippen molar-refractivity contribution in [3.8, 4) is 5.69 Å². The highest BCUT2D eigenvalue weighted by Crippen LogP contribution is 2.16. The second kappa shape index (κ2) is 3.81. The van der Waals surface area contributed by atoms with Crippen LogP contribution in [0.5, 0.6) is 0 Å². The molecule has 0 aliphatic rings. The van der Waals surface area contributed by atoms with E-state index in [-0.39, 0.29) is 0 Å². The normalized spacial score (nSPS) is 10.9. The van der Waals surface area contributed by atoms with Gasteiger partial charge in [-0.2, -0.15) is 15.0 Å². The molecule has 2 aromatic heterocycles. The van der Waals surface area contributed by atoms with E-state index in [0.29, 0.717) is 5.92 Å². The fourth-order valence-corrected chi connectivity index (χ4v) is 1.44. The largest absolute Gasteiger partial charge is 0.258 e. The fraction of sp³-hybridized carbons (Fsp3) is 0.364. The number of aromatic nitrogens is 4. The van der Waals surface area contributed by atoms with Crippen molar-refractivity contribution in [3.05, 3.63) is 35.9 Å². The predicted octanol–water partition coefficient (Wildman–Crippen LogP) is 2.09. The lowest BCUT2D eigenvalue weighted by molar-refractivity contribution is 0.737. The Balaban J connectivity index is 2.49. The van der Waals surface area contributed by atoms with Gasteiger partial charge in [0.1, 0.15) is 0 Å². The molecule has 2 heterocycles. The van der Waals surface area contributed by atoms with Gasteiger partial charge in [0.15, 0.2) is 0 Å². The maximum absolute atomic E-state index is 4.47. The van der Waals surface area contributed by atoms with Crippen molar-refractivity contribution >= 4 is 0 Å². The van der Waals surface area contributed by atoms with Crippen LogP contribution in [0.1, 0.15) is 31.2 Å². The van der Waals surface area contributed by atoms with Gasteiger partial charge in [0.05, 0.1) is 18.1 Å². The molecule has 0 saturated heterocycles. The first-order valence-corrected chi connectivity index (χ1v) is 5.02. The van der Waals surface area contributed by atoms with Gasteiger partial charge in [-0.15, -0.1) is 0 Å². The molecule has 0 aromatic carbocycles. The smallest absolute Gasteiger partial charge is 0.0892 e. The van der Waals surface area contributed by atoms with Gasteiger partial charge < -0.3 is 0 Å². The van der Waals surface area contributed by atoms with Gasteiger partial charge in [0, 0.05) is 11.4 Å². The van der Waals surface area contributed by atoms with E-state index in [4.69, 9.17) is 0 Å². The molecule has 4 heteroatoms. The number of nitrogens with zero attached hydrogens (tertiary/aromatic N) is 4. The summed E-state index contributed by atoms with van der Waals surface area (Å²) >= 11 is 0. The Kier molecular flexibility index (Phi) is 2.49. The van der Waals surface area contributed by atoms with E-state index in [0.717, 1.165) is 17.1 Å². The van der Waals surface area contributed by atoms with E-state index in [9.17, 15) is 0 Å². The van der Waals surface area contributed by atoms with Crippen LogP contribution >= 0.6 is 0 Å². The molecular weight excluding hydrogens is 188 g/mol. The van der Waals surface area contributed by atoms with Crippen LogP contribution in [0.15, 0.2) is 24.5 Å². The summed E-state index contributed by atoms with van der Waals surface area (Å²) in [5, 5.41) is 8.21. The average Bonchev–Trinajstić information content (AvgIpc) is 2.69. The zero-order valence-corrected chi connectivity index (χ0v) is 9.18. The van der Waals surface area contributed by atoms with Crippen LogP contribution in [0, 0.1) is 6.92 Å². The van der Waals surface area contributed by atoms with Crippen LogP contribution in [0.25, 0.3) is 5.69 Å². The summed E-state index contributed by atoms with van der Waals surface area (Å²) in [6, 6.07) is 4.00. The van der Waals surface area contributed by atoms with Crippen molar-refractivity contribution in [1.29, 1.82) is 0 Å². The Morgan fingerprint density at radius 3 is 2.40 bits per heavy atom. The standard InChI is InChI=1S/C11H14N4/c1-8(2)11-7-10(6-9(3)14-11)15-12-4-5-13-15/h4-8H,1-3H3. The number of rotatable bonds is 2. The average molecular weight is 202 g/mol. The Morgan fingerprint density at radius 2 is 1.80 bits per heavy atom.